The maximum atomic E-state index is 12.1. The number of ether oxygens (including phenoxy) is 1. The van der Waals surface area contributed by atoms with Gasteiger partial charge in [-0.2, -0.15) is 0 Å². The number of amides is 1. The SMILES string of the molecule is COCCN=C(NCCc1cccc(C(=O)N(C)C)c1)NCCc1ccco1.I. The van der Waals surface area contributed by atoms with Crippen LogP contribution >= 0.6 is 24.0 Å². The minimum atomic E-state index is 0. The Morgan fingerprint density at radius 2 is 1.90 bits per heavy atom. The van der Waals surface area contributed by atoms with Crippen LogP contribution < -0.4 is 10.6 Å². The number of carbonyl (C=O) groups excluding carboxylic acids is 1. The molecule has 160 valence electrons. The summed E-state index contributed by atoms with van der Waals surface area (Å²) >= 11 is 0. The molecular formula is C21H31IN4O3. The Morgan fingerprint density at radius 1 is 1.14 bits per heavy atom. The first kappa shape index (κ1) is 25.0. The molecule has 8 heteroatoms. The van der Waals surface area contributed by atoms with Crippen LogP contribution in [0.2, 0.25) is 0 Å². The number of carbonyl (C=O) groups is 1. The van der Waals surface area contributed by atoms with Crippen molar-refractivity contribution in [2.75, 3.05) is 47.4 Å². The summed E-state index contributed by atoms with van der Waals surface area (Å²) in [6.07, 6.45) is 3.25. The number of aliphatic imine (C=N–C) groups is 1. The first-order valence-corrected chi connectivity index (χ1v) is 9.44. The third kappa shape index (κ3) is 9.31. The standard InChI is InChI=1S/C21H30N4O3.HI/c1-25(2)20(26)18-7-4-6-17(16-18)9-11-22-21(24-13-15-27-3)23-12-10-19-8-5-14-28-19;/h4-8,14,16H,9-13,15H2,1-3H3,(H2,22,23,24);1H. The van der Waals surface area contributed by atoms with E-state index in [0.29, 0.717) is 25.3 Å². The van der Waals surface area contributed by atoms with E-state index >= 15 is 0 Å². The summed E-state index contributed by atoms with van der Waals surface area (Å²) in [7, 11) is 5.18. The molecule has 2 rings (SSSR count). The summed E-state index contributed by atoms with van der Waals surface area (Å²) in [5.74, 6) is 1.69. The molecule has 0 atom stereocenters. The van der Waals surface area contributed by atoms with Gasteiger partial charge < -0.3 is 24.7 Å². The van der Waals surface area contributed by atoms with Crippen LogP contribution in [0, 0.1) is 0 Å². The van der Waals surface area contributed by atoms with E-state index in [2.05, 4.69) is 15.6 Å². The quantitative estimate of drug-likeness (QED) is 0.221. The van der Waals surface area contributed by atoms with Crippen molar-refractivity contribution >= 4 is 35.8 Å². The molecule has 0 aliphatic carbocycles. The highest BCUT2D eigenvalue weighted by Crippen LogP contribution is 2.07. The second-order valence-corrected chi connectivity index (χ2v) is 6.56. The fourth-order valence-corrected chi connectivity index (χ4v) is 2.63. The number of nitrogens with zero attached hydrogens (tertiary/aromatic N) is 2. The average Bonchev–Trinajstić information content (AvgIpc) is 3.21. The van der Waals surface area contributed by atoms with Gasteiger partial charge in [-0.1, -0.05) is 12.1 Å². The van der Waals surface area contributed by atoms with Crippen molar-refractivity contribution in [2.24, 2.45) is 4.99 Å². The van der Waals surface area contributed by atoms with Gasteiger partial charge in [0.25, 0.3) is 5.91 Å². The number of rotatable bonds is 10. The van der Waals surface area contributed by atoms with Crippen LogP contribution in [0.4, 0.5) is 0 Å². The molecule has 1 aromatic heterocycles. The zero-order chi connectivity index (χ0) is 20.2. The Balaban J connectivity index is 0.00000420. The molecule has 1 aromatic carbocycles. The van der Waals surface area contributed by atoms with Crippen LogP contribution in [0.3, 0.4) is 0 Å². The maximum Gasteiger partial charge on any atom is 0.253 e. The molecule has 0 fully saturated rings. The molecule has 7 nitrogen and oxygen atoms in total. The van der Waals surface area contributed by atoms with Crippen molar-refractivity contribution < 1.29 is 13.9 Å². The summed E-state index contributed by atoms with van der Waals surface area (Å²) < 4.78 is 10.4. The van der Waals surface area contributed by atoms with Crippen LogP contribution in [-0.4, -0.2) is 64.2 Å². The van der Waals surface area contributed by atoms with Gasteiger partial charge in [0.2, 0.25) is 0 Å². The molecule has 2 N–H and O–H groups in total. The van der Waals surface area contributed by atoms with Crippen LogP contribution in [0.15, 0.2) is 52.1 Å². The molecule has 1 amide bonds. The van der Waals surface area contributed by atoms with Crippen molar-refractivity contribution in [3.8, 4) is 0 Å². The van der Waals surface area contributed by atoms with Crippen molar-refractivity contribution in [3.05, 3.63) is 59.5 Å². The molecule has 1 heterocycles. The van der Waals surface area contributed by atoms with Gasteiger partial charge in [0, 0.05) is 46.3 Å². The van der Waals surface area contributed by atoms with Gasteiger partial charge in [0.15, 0.2) is 5.96 Å². The van der Waals surface area contributed by atoms with Gasteiger partial charge in [0.1, 0.15) is 5.76 Å². The lowest BCUT2D eigenvalue weighted by Gasteiger charge is -2.13. The van der Waals surface area contributed by atoms with Gasteiger partial charge in [-0.3, -0.25) is 9.79 Å². The minimum absolute atomic E-state index is 0. The Hall–Kier alpha value is -2.07. The third-order valence-corrected chi connectivity index (χ3v) is 4.10. The van der Waals surface area contributed by atoms with Gasteiger partial charge in [-0.15, -0.1) is 24.0 Å². The van der Waals surface area contributed by atoms with E-state index in [4.69, 9.17) is 9.15 Å². The topological polar surface area (TPSA) is 79.1 Å². The molecule has 2 aromatic rings. The highest BCUT2D eigenvalue weighted by atomic mass is 127. The van der Waals surface area contributed by atoms with E-state index in [1.165, 1.54) is 0 Å². The number of halogens is 1. The molecule has 0 radical (unpaired) electrons. The van der Waals surface area contributed by atoms with E-state index < -0.39 is 0 Å². The monoisotopic (exact) mass is 514 g/mol. The number of nitrogens with one attached hydrogen (secondary N) is 2. The Kier molecular flexibility index (Phi) is 12.1. The largest absolute Gasteiger partial charge is 0.469 e. The van der Waals surface area contributed by atoms with Crippen molar-refractivity contribution in [3.63, 3.8) is 0 Å². The zero-order valence-electron chi connectivity index (χ0n) is 17.3. The third-order valence-electron chi connectivity index (χ3n) is 4.10. The van der Waals surface area contributed by atoms with Crippen molar-refractivity contribution in [1.29, 1.82) is 0 Å². The first-order valence-electron chi connectivity index (χ1n) is 9.44. The van der Waals surface area contributed by atoms with E-state index in [-0.39, 0.29) is 29.9 Å². The highest BCUT2D eigenvalue weighted by molar-refractivity contribution is 14.0. The molecule has 0 saturated heterocycles. The van der Waals surface area contributed by atoms with E-state index in [9.17, 15) is 4.79 Å². The van der Waals surface area contributed by atoms with Crippen LogP contribution in [-0.2, 0) is 17.6 Å². The van der Waals surface area contributed by atoms with E-state index in [1.807, 2.05) is 36.4 Å². The highest BCUT2D eigenvalue weighted by Gasteiger charge is 2.08. The minimum Gasteiger partial charge on any atom is -0.469 e. The van der Waals surface area contributed by atoms with Crippen LogP contribution in [0.25, 0.3) is 0 Å². The van der Waals surface area contributed by atoms with Gasteiger partial charge in [0.05, 0.1) is 19.4 Å². The second-order valence-electron chi connectivity index (χ2n) is 6.56. The lowest BCUT2D eigenvalue weighted by atomic mass is 10.1. The summed E-state index contributed by atoms with van der Waals surface area (Å²) in [6.45, 7) is 2.58. The number of guanidine groups is 1. The first-order chi connectivity index (χ1) is 13.6. The van der Waals surface area contributed by atoms with E-state index in [0.717, 1.165) is 36.7 Å². The summed E-state index contributed by atoms with van der Waals surface area (Å²) in [5, 5.41) is 6.65. The van der Waals surface area contributed by atoms with Crippen LogP contribution in [0.5, 0.6) is 0 Å². The molecule has 0 aliphatic heterocycles. The fraction of sp³-hybridized carbons (Fsp3) is 0.429. The predicted octanol–water partition coefficient (Wildman–Crippen LogP) is 2.57. The summed E-state index contributed by atoms with van der Waals surface area (Å²) in [5.41, 5.74) is 1.81. The van der Waals surface area contributed by atoms with Crippen molar-refractivity contribution in [1.82, 2.24) is 15.5 Å². The average molecular weight is 514 g/mol. The Labute approximate surface area is 189 Å². The Morgan fingerprint density at radius 3 is 2.55 bits per heavy atom. The molecule has 0 saturated carbocycles. The molecule has 0 spiro atoms. The second kappa shape index (κ2) is 14.0. The number of benzene rings is 1. The number of hydrogen-bond acceptors (Lipinski definition) is 4. The number of furan rings is 1. The van der Waals surface area contributed by atoms with E-state index in [1.54, 1.807) is 32.4 Å². The summed E-state index contributed by atoms with van der Waals surface area (Å²) in [6, 6.07) is 11.6. The Bertz CT molecular complexity index is 748. The molecule has 29 heavy (non-hydrogen) atoms. The van der Waals surface area contributed by atoms with Gasteiger partial charge in [-0.25, -0.2) is 0 Å². The van der Waals surface area contributed by atoms with Gasteiger partial charge in [-0.05, 0) is 36.2 Å². The number of methoxy groups -OCH3 is 1. The molecular weight excluding hydrogens is 483 g/mol. The molecule has 0 unspecified atom stereocenters. The zero-order valence-corrected chi connectivity index (χ0v) is 19.6. The molecule has 0 aliphatic rings. The predicted molar refractivity (Wildman–Crippen MR) is 126 cm³/mol. The van der Waals surface area contributed by atoms with Crippen molar-refractivity contribution in [2.45, 2.75) is 12.8 Å². The lowest BCUT2D eigenvalue weighted by molar-refractivity contribution is 0.0827. The van der Waals surface area contributed by atoms with Gasteiger partial charge >= 0.3 is 0 Å². The summed E-state index contributed by atoms with van der Waals surface area (Å²) in [4.78, 5) is 18.2. The molecule has 0 bridgehead atoms. The smallest absolute Gasteiger partial charge is 0.253 e. The normalized spacial score (nSPS) is 10.9. The maximum absolute atomic E-state index is 12.1. The lowest BCUT2D eigenvalue weighted by Crippen LogP contribution is -2.39. The van der Waals surface area contributed by atoms with Crippen LogP contribution in [0.1, 0.15) is 21.7 Å². The number of hydrogen-bond donors (Lipinski definition) is 2. The fourth-order valence-electron chi connectivity index (χ4n) is 2.63.